The third-order valence-electron chi connectivity index (χ3n) is 5.80. The number of hydrogen-bond donors (Lipinski definition) is 4. The van der Waals surface area contributed by atoms with Gasteiger partial charge in [0, 0.05) is 19.3 Å². The number of rotatable bonds is 4. The molecule has 0 amide bonds. The van der Waals surface area contributed by atoms with Crippen molar-refractivity contribution in [3.8, 4) is 0 Å². The molecule has 1 unspecified atom stereocenters. The smallest absolute Gasteiger partial charge is 0.161 e. The quantitative estimate of drug-likeness (QED) is 0.496. The van der Waals surface area contributed by atoms with Gasteiger partial charge in [-0.25, -0.2) is 0 Å². The van der Waals surface area contributed by atoms with Crippen molar-refractivity contribution in [2.45, 2.75) is 121 Å². The molecule has 3 aliphatic rings. The fourth-order valence-corrected chi connectivity index (χ4v) is 4.26. The second-order valence-electron chi connectivity index (χ2n) is 8.29. The minimum absolute atomic E-state index is 0.0360. The highest BCUT2D eigenvalue weighted by Gasteiger charge is 2.44. The van der Waals surface area contributed by atoms with Crippen molar-refractivity contribution in [1.82, 2.24) is 0 Å². The van der Waals surface area contributed by atoms with E-state index in [0.717, 1.165) is 0 Å². The van der Waals surface area contributed by atoms with Gasteiger partial charge in [0.15, 0.2) is 12.6 Å². The van der Waals surface area contributed by atoms with Gasteiger partial charge in [-0.3, -0.25) is 0 Å². The van der Waals surface area contributed by atoms with Crippen LogP contribution in [0.5, 0.6) is 0 Å². The van der Waals surface area contributed by atoms with E-state index in [-0.39, 0.29) is 25.0 Å². The second kappa shape index (κ2) is 9.20. The summed E-state index contributed by atoms with van der Waals surface area (Å²) in [6.07, 6.45) is -6.67. The highest BCUT2D eigenvalue weighted by atomic mass is 16.7. The van der Waals surface area contributed by atoms with Gasteiger partial charge in [0.05, 0.1) is 42.7 Å². The summed E-state index contributed by atoms with van der Waals surface area (Å²) in [7, 11) is 0. The Morgan fingerprint density at radius 1 is 0.607 bits per heavy atom. The molecule has 0 aromatic rings. The van der Waals surface area contributed by atoms with Gasteiger partial charge in [-0.1, -0.05) is 0 Å². The zero-order valence-corrected chi connectivity index (χ0v) is 16.9. The molecule has 4 N–H and O–H groups in total. The SMILES string of the molecule is C[C@H]1C[C@H](O)[C@H](OC2C[C@H](O)[C@H](O[C@H]3C[C@H](O)[C@H](O)[C@@H](C)O3)[C@@H](C)O2)[C@@H](C)O1. The van der Waals surface area contributed by atoms with Crippen LogP contribution in [0.15, 0.2) is 0 Å². The Bertz CT molecular complexity index is 470. The maximum absolute atomic E-state index is 10.6. The van der Waals surface area contributed by atoms with Crippen molar-refractivity contribution in [3.05, 3.63) is 0 Å². The minimum Gasteiger partial charge on any atom is -0.390 e. The fourth-order valence-electron chi connectivity index (χ4n) is 4.26. The van der Waals surface area contributed by atoms with Crippen LogP contribution in [0.1, 0.15) is 47.0 Å². The van der Waals surface area contributed by atoms with E-state index in [2.05, 4.69) is 0 Å². The first-order valence-electron chi connectivity index (χ1n) is 10.1. The van der Waals surface area contributed by atoms with E-state index in [0.29, 0.717) is 6.42 Å². The topological polar surface area (TPSA) is 127 Å². The lowest BCUT2D eigenvalue weighted by molar-refractivity contribution is -0.326. The normalized spacial score (nSPS) is 53.1. The lowest BCUT2D eigenvalue weighted by atomic mass is 9.98. The monoisotopic (exact) mass is 406 g/mol. The van der Waals surface area contributed by atoms with Crippen LogP contribution in [-0.4, -0.2) is 94.0 Å². The summed E-state index contributed by atoms with van der Waals surface area (Å²) in [6, 6.07) is 0. The largest absolute Gasteiger partial charge is 0.390 e. The number of ether oxygens (including phenoxy) is 5. The molecule has 0 bridgehead atoms. The molecule has 0 aromatic heterocycles. The van der Waals surface area contributed by atoms with Crippen molar-refractivity contribution in [2.24, 2.45) is 0 Å². The fraction of sp³-hybridized carbons (Fsp3) is 1.00. The standard InChI is InChI=1S/C19H34O9/c1-8-5-13(21)18(10(3)24-8)28-16-7-14(22)19(11(4)26-16)27-15-6-12(20)17(23)9(2)25-15/h8-23H,5-7H2,1-4H3/t8-,9+,10+,11+,12-,13-,14-,15-,16?,17+,18+,19+/m0/s1. The molecule has 0 aromatic carbocycles. The Morgan fingerprint density at radius 2 is 1.07 bits per heavy atom. The molecular formula is C19H34O9. The number of aliphatic hydroxyl groups excluding tert-OH is 4. The molecule has 3 fully saturated rings. The third kappa shape index (κ3) is 5.03. The van der Waals surface area contributed by atoms with Gasteiger partial charge in [0.1, 0.15) is 18.3 Å². The van der Waals surface area contributed by atoms with Gasteiger partial charge in [-0.15, -0.1) is 0 Å². The Labute approximate surface area is 165 Å². The second-order valence-corrected chi connectivity index (χ2v) is 8.29. The third-order valence-corrected chi connectivity index (χ3v) is 5.80. The highest BCUT2D eigenvalue weighted by molar-refractivity contribution is 4.88. The summed E-state index contributed by atoms with van der Waals surface area (Å²) in [5.41, 5.74) is 0. The van der Waals surface area contributed by atoms with E-state index in [4.69, 9.17) is 23.7 Å². The average molecular weight is 406 g/mol. The average Bonchev–Trinajstić information content (AvgIpc) is 2.59. The number of aliphatic hydroxyl groups is 4. The number of hydrogen-bond acceptors (Lipinski definition) is 9. The molecule has 164 valence electrons. The van der Waals surface area contributed by atoms with E-state index < -0.39 is 61.4 Å². The van der Waals surface area contributed by atoms with Gasteiger partial charge in [-0.2, -0.15) is 0 Å². The molecule has 28 heavy (non-hydrogen) atoms. The van der Waals surface area contributed by atoms with Crippen LogP contribution in [0.3, 0.4) is 0 Å². The first-order valence-corrected chi connectivity index (χ1v) is 10.1. The molecule has 9 nitrogen and oxygen atoms in total. The van der Waals surface area contributed by atoms with Crippen LogP contribution in [0.25, 0.3) is 0 Å². The van der Waals surface area contributed by atoms with E-state index in [1.807, 2.05) is 13.8 Å². The first-order chi connectivity index (χ1) is 13.2. The minimum atomic E-state index is -0.962. The predicted octanol–water partition coefficient (Wildman–Crippen LogP) is -0.332. The summed E-state index contributed by atoms with van der Waals surface area (Å²) >= 11 is 0. The van der Waals surface area contributed by atoms with Crippen molar-refractivity contribution < 1.29 is 44.1 Å². The summed E-state index contributed by atoms with van der Waals surface area (Å²) in [5.74, 6) is 0. The summed E-state index contributed by atoms with van der Waals surface area (Å²) in [5, 5.41) is 40.6. The molecule has 0 saturated carbocycles. The van der Waals surface area contributed by atoms with Crippen LogP contribution in [0.2, 0.25) is 0 Å². The summed E-state index contributed by atoms with van der Waals surface area (Å²) < 4.78 is 28.9. The van der Waals surface area contributed by atoms with Crippen LogP contribution >= 0.6 is 0 Å². The lowest BCUT2D eigenvalue weighted by Gasteiger charge is -2.44. The first kappa shape index (κ1) is 22.3. The molecule has 3 heterocycles. The molecule has 0 spiro atoms. The van der Waals surface area contributed by atoms with E-state index in [1.54, 1.807) is 13.8 Å². The molecule has 3 saturated heterocycles. The molecule has 9 heteroatoms. The Kier molecular flexibility index (Phi) is 7.33. The van der Waals surface area contributed by atoms with Crippen LogP contribution in [-0.2, 0) is 23.7 Å². The van der Waals surface area contributed by atoms with Crippen molar-refractivity contribution >= 4 is 0 Å². The van der Waals surface area contributed by atoms with Crippen molar-refractivity contribution in [1.29, 1.82) is 0 Å². The zero-order valence-electron chi connectivity index (χ0n) is 16.9. The highest BCUT2D eigenvalue weighted by Crippen LogP contribution is 2.31. The Hall–Kier alpha value is -0.360. The molecule has 3 rings (SSSR count). The van der Waals surface area contributed by atoms with E-state index >= 15 is 0 Å². The lowest BCUT2D eigenvalue weighted by Crippen LogP contribution is -2.56. The molecule has 0 radical (unpaired) electrons. The van der Waals surface area contributed by atoms with Crippen LogP contribution < -0.4 is 0 Å². The zero-order chi connectivity index (χ0) is 20.6. The van der Waals surface area contributed by atoms with Gasteiger partial charge < -0.3 is 44.1 Å². The molecule has 0 aliphatic carbocycles. The maximum atomic E-state index is 10.6. The Balaban J connectivity index is 1.54. The van der Waals surface area contributed by atoms with E-state index in [9.17, 15) is 20.4 Å². The van der Waals surface area contributed by atoms with Crippen molar-refractivity contribution in [3.63, 3.8) is 0 Å². The Morgan fingerprint density at radius 3 is 1.57 bits per heavy atom. The van der Waals surface area contributed by atoms with Crippen molar-refractivity contribution in [2.75, 3.05) is 0 Å². The maximum Gasteiger partial charge on any atom is 0.161 e. The predicted molar refractivity (Wildman–Crippen MR) is 96.3 cm³/mol. The molecule has 3 aliphatic heterocycles. The van der Waals surface area contributed by atoms with Gasteiger partial charge in [-0.05, 0) is 27.7 Å². The molecular weight excluding hydrogens is 372 g/mol. The summed E-state index contributed by atoms with van der Waals surface area (Å²) in [6.45, 7) is 7.18. The van der Waals surface area contributed by atoms with E-state index in [1.165, 1.54) is 0 Å². The van der Waals surface area contributed by atoms with Crippen LogP contribution in [0, 0.1) is 0 Å². The molecule has 12 atom stereocenters. The van der Waals surface area contributed by atoms with Gasteiger partial charge in [0.2, 0.25) is 0 Å². The van der Waals surface area contributed by atoms with Gasteiger partial charge in [0.25, 0.3) is 0 Å². The van der Waals surface area contributed by atoms with Gasteiger partial charge >= 0.3 is 0 Å². The summed E-state index contributed by atoms with van der Waals surface area (Å²) in [4.78, 5) is 0. The van der Waals surface area contributed by atoms with Crippen LogP contribution in [0.4, 0.5) is 0 Å².